The molecular formula is C13H20N3O4+. The van der Waals surface area contributed by atoms with Gasteiger partial charge in [0.05, 0.1) is 19.5 Å². The van der Waals surface area contributed by atoms with Crippen LogP contribution in [0.3, 0.4) is 0 Å². The van der Waals surface area contributed by atoms with Gasteiger partial charge in [0.15, 0.2) is 0 Å². The van der Waals surface area contributed by atoms with Crippen LogP contribution in [-0.4, -0.2) is 38.1 Å². The summed E-state index contributed by atoms with van der Waals surface area (Å²) in [5, 5.41) is 15.1. The molecule has 0 aliphatic rings. The van der Waals surface area contributed by atoms with E-state index in [4.69, 9.17) is 4.74 Å². The summed E-state index contributed by atoms with van der Waals surface area (Å²) in [6.45, 7) is 1.12. The Morgan fingerprint density at radius 2 is 2.05 bits per heavy atom. The summed E-state index contributed by atoms with van der Waals surface area (Å²) in [6.07, 6.45) is -0.144. The number of ether oxygens (including phenoxy) is 1. The topological polar surface area (TPSA) is 123 Å². The Hall–Kier alpha value is -2.12. The number of hydrogen-bond acceptors (Lipinski definition) is 4. The highest BCUT2D eigenvalue weighted by molar-refractivity contribution is 5.93. The standard InChI is InChI=1S/C13H19N3O4/c1-20-10-4-2-9(3-5-10)16-12(17)8-11(13(18)19)15-7-6-14/h2-5,11,15H,6-8,14H2,1H3,(H,16,17)(H,18,19)/p+1/t11-/m0/s1. The molecule has 0 fully saturated rings. The first kappa shape index (κ1) is 15.9. The molecule has 1 atom stereocenters. The van der Waals surface area contributed by atoms with Gasteiger partial charge in [0.1, 0.15) is 24.9 Å². The number of aliphatic carboxylic acids is 1. The number of nitrogens with two attached hydrogens (primary N) is 1. The minimum atomic E-state index is -1.25. The second kappa shape index (κ2) is 8.13. The third-order valence-electron chi connectivity index (χ3n) is 2.74. The molecule has 0 saturated heterocycles. The van der Waals surface area contributed by atoms with Crippen LogP contribution < -0.4 is 26.2 Å². The van der Waals surface area contributed by atoms with Crippen molar-refractivity contribution in [2.75, 3.05) is 25.5 Å². The Bertz CT molecular complexity index is 447. The van der Waals surface area contributed by atoms with Crippen LogP contribution >= 0.6 is 0 Å². The number of rotatable bonds is 8. The van der Waals surface area contributed by atoms with Crippen molar-refractivity contribution in [3.05, 3.63) is 24.3 Å². The molecule has 20 heavy (non-hydrogen) atoms. The fourth-order valence-electron chi connectivity index (χ4n) is 1.67. The highest BCUT2D eigenvalue weighted by Gasteiger charge is 2.18. The molecule has 0 aromatic heterocycles. The Labute approximate surface area is 117 Å². The predicted molar refractivity (Wildman–Crippen MR) is 69.6 cm³/mol. The van der Waals surface area contributed by atoms with Gasteiger partial charge < -0.3 is 31.0 Å². The van der Waals surface area contributed by atoms with Gasteiger partial charge in [0.2, 0.25) is 5.91 Å². The fourth-order valence-corrected chi connectivity index (χ4v) is 1.67. The molecule has 1 rings (SSSR count). The van der Waals surface area contributed by atoms with E-state index in [-0.39, 0.29) is 12.3 Å². The highest BCUT2D eigenvalue weighted by Crippen LogP contribution is 2.15. The zero-order valence-corrected chi connectivity index (χ0v) is 11.4. The first-order valence-electron chi connectivity index (χ1n) is 6.34. The van der Waals surface area contributed by atoms with Crippen LogP contribution in [0.1, 0.15) is 6.42 Å². The van der Waals surface area contributed by atoms with Crippen LogP contribution in [0.2, 0.25) is 0 Å². The molecule has 110 valence electrons. The summed E-state index contributed by atoms with van der Waals surface area (Å²) in [6, 6.07) is 5.89. The average Bonchev–Trinajstić information content (AvgIpc) is 2.44. The van der Waals surface area contributed by atoms with Crippen LogP contribution in [0.5, 0.6) is 5.75 Å². The average molecular weight is 282 g/mol. The van der Waals surface area contributed by atoms with E-state index in [9.17, 15) is 14.7 Å². The summed E-state index contributed by atoms with van der Waals surface area (Å²) in [7, 11) is 1.55. The van der Waals surface area contributed by atoms with Crippen molar-refractivity contribution in [1.82, 2.24) is 0 Å². The van der Waals surface area contributed by atoms with Gasteiger partial charge in [0, 0.05) is 5.69 Å². The molecule has 0 aliphatic carbocycles. The lowest BCUT2D eigenvalue weighted by Gasteiger charge is -2.15. The van der Waals surface area contributed by atoms with Crippen molar-refractivity contribution < 1.29 is 30.5 Å². The van der Waals surface area contributed by atoms with Crippen LogP contribution in [0.25, 0.3) is 0 Å². The number of benzene rings is 1. The molecule has 1 aromatic rings. The van der Waals surface area contributed by atoms with Gasteiger partial charge in [-0.2, -0.15) is 0 Å². The quantitative estimate of drug-likeness (QED) is 0.468. The Kier molecular flexibility index (Phi) is 6.48. The second-order valence-electron chi connectivity index (χ2n) is 4.28. The number of carbonyl (C=O) groups is 2. The molecule has 0 heterocycles. The predicted octanol–water partition coefficient (Wildman–Crippen LogP) is -3.05. The van der Waals surface area contributed by atoms with E-state index < -0.39 is 12.0 Å². The third kappa shape index (κ3) is 5.25. The van der Waals surface area contributed by atoms with E-state index in [1.54, 1.807) is 36.7 Å². The van der Waals surface area contributed by atoms with Crippen molar-refractivity contribution in [2.24, 2.45) is 0 Å². The molecule has 1 aromatic carbocycles. The third-order valence-corrected chi connectivity index (χ3v) is 2.74. The van der Waals surface area contributed by atoms with Gasteiger partial charge in [-0.3, -0.25) is 4.79 Å². The first-order chi connectivity index (χ1) is 9.56. The van der Waals surface area contributed by atoms with E-state index in [1.807, 2.05) is 0 Å². The molecule has 1 amide bonds. The van der Waals surface area contributed by atoms with Crippen LogP contribution in [-0.2, 0) is 9.59 Å². The number of hydrogen-bond donors (Lipinski definition) is 3. The summed E-state index contributed by atoms with van der Waals surface area (Å²) < 4.78 is 5.00. The van der Waals surface area contributed by atoms with Crippen molar-refractivity contribution in [2.45, 2.75) is 12.5 Å². The zero-order valence-electron chi connectivity index (χ0n) is 11.4. The number of carboxylic acid groups (broad SMARTS) is 1. The molecule has 0 unspecified atom stereocenters. The summed E-state index contributed by atoms with van der Waals surface area (Å²) in [5.74, 6) is -0.938. The number of anilines is 1. The summed E-state index contributed by atoms with van der Waals surface area (Å²) >= 11 is 0. The van der Waals surface area contributed by atoms with Crippen LogP contribution in [0.15, 0.2) is 24.3 Å². The molecule has 7 heteroatoms. The van der Waals surface area contributed by atoms with E-state index in [0.717, 1.165) is 0 Å². The van der Waals surface area contributed by atoms with Crippen LogP contribution in [0, 0.1) is 0 Å². The van der Waals surface area contributed by atoms with Crippen molar-refractivity contribution in [3.63, 3.8) is 0 Å². The van der Waals surface area contributed by atoms with Gasteiger partial charge in [-0.1, -0.05) is 0 Å². The summed E-state index contributed by atoms with van der Waals surface area (Å²) in [4.78, 5) is 22.7. The molecule has 0 radical (unpaired) electrons. The smallest absolute Gasteiger partial charge is 0.230 e. The van der Waals surface area contributed by atoms with Crippen molar-refractivity contribution in [1.29, 1.82) is 0 Å². The number of amides is 1. The molecule has 7 nitrogen and oxygen atoms in total. The van der Waals surface area contributed by atoms with Crippen molar-refractivity contribution in [3.8, 4) is 5.75 Å². The number of carbonyl (C=O) groups excluding carboxylic acids is 2. The van der Waals surface area contributed by atoms with E-state index in [2.05, 4.69) is 11.1 Å². The summed E-state index contributed by atoms with van der Waals surface area (Å²) in [5.41, 5.74) is 4.21. The molecular weight excluding hydrogens is 262 g/mol. The second-order valence-corrected chi connectivity index (χ2v) is 4.28. The first-order valence-corrected chi connectivity index (χ1v) is 6.34. The number of methoxy groups -OCH3 is 1. The van der Waals surface area contributed by atoms with Gasteiger partial charge in [-0.05, 0) is 24.3 Å². The Morgan fingerprint density at radius 1 is 1.40 bits per heavy atom. The van der Waals surface area contributed by atoms with Gasteiger partial charge in [0.25, 0.3) is 0 Å². The van der Waals surface area contributed by atoms with Gasteiger partial charge >= 0.3 is 0 Å². The monoisotopic (exact) mass is 282 g/mol. The lowest BCUT2D eigenvalue weighted by Crippen LogP contribution is -2.95. The lowest BCUT2D eigenvalue weighted by molar-refractivity contribution is -0.695. The minimum Gasteiger partial charge on any atom is -0.544 e. The lowest BCUT2D eigenvalue weighted by atomic mass is 10.2. The molecule has 6 N–H and O–H groups in total. The minimum absolute atomic E-state index is 0.144. The SMILES string of the molecule is COc1ccc(NC(=O)C[C@H]([NH2+]CC[NH3+])C(=O)[O-])cc1. The maximum absolute atomic E-state index is 11.8. The zero-order chi connectivity index (χ0) is 15.0. The maximum atomic E-state index is 11.8. The number of carboxylic acids is 1. The van der Waals surface area contributed by atoms with Crippen molar-refractivity contribution >= 4 is 17.6 Å². The number of nitrogens with one attached hydrogen (secondary N) is 1. The van der Waals surface area contributed by atoms with E-state index >= 15 is 0 Å². The molecule has 0 saturated carbocycles. The molecule has 0 bridgehead atoms. The normalized spacial score (nSPS) is 11.7. The highest BCUT2D eigenvalue weighted by atomic mass is 16.5. The Balaban J connectivity index is 2.53. The van der Waals surface area contributed by atoms with Crippen LogP contribution in [0.4, 0.5) is 5.69 Å². The fraction of sp³-hybridized carbons (Fsp3) is 0.385. The largest absolute Gasteiger partial charge is 0.544 e. The van der Waals surface area contributed by atoms with E-state index in [1.165, 1.54) is 0 Å². The maximum Gasteiger partial charge on any atom is 0.230 e. The van der Waals surface area contributed by atoms with E-state index in [0.29, 0.717) is 24.5 Å². The molecule has 0 spiro atoms. The molecule has 0 aliphatic heterocycles. The van der Waals surface area contributed by atoms with Gasteiger partial charge in [-0.15, -0.1) is 0 Å². The number of quaternary nitrogens is 2. The van der Waals surface area contributed by atoms with Gasteiger partial charge in [-0.25, -0.2) is 0 Å². The Morgan fingerprint density at radius 3 is 2.55 bits per heavy atom.